The molecule has 0 spiro atoms. The van der Waals surface area contributed by atoms with Gasteiger partial charge in [-0.2, -0.15) is 0 Å². The number of nitrogens with one attached hydrogen (secondary N) is 1. The first-order valence-corrected chi connectivity index (χ1v) is 8.12. The summed E-state index contributed by atoms with van der Waals surface area (Å²) in [6.07, 6.45) is 0. The Morgan fingerprint density at radius 3 is 2.55 bits per heavy atom. The zero-order valence-electron chi connectivity index (χ0n) is 11.8. The average molecular weight is 319 g/mol. The molecule has 0 fully saturated rings. The van der Waals surface area contributed by atoms with Gasteiger partial charge in [-0.25, -0.2) is 13.1 Å². The second-order valence-electron chi connectivity index (χ2n) is 4.66. The second-order valence-corrected chi connectivity index (χ2v) is 6.86. The number of hydrogen-bond acceptors (Lipinski definition) is 3. The van der Waals surface area contributed by atoms with Gasteiger partial charge in [-0.15, -0.1) is 0 Å². The zero-order valence-corrected chi connectivity index (χ0v) is 13.3. The molecule has 0 saturated carbocycles. The Kier molecular flexibility index (Phi) is 5.98. The predicted molar refractivity (Wildman–Crippen MR) is 79.2 cm³/mol. The van der Waals surface area contributed by atoms with E-state index in [1.165, 1.54) is 19.1 Å². The fourth-order valence-corrected chi connectivity index (χ4v) is 3.12. The molecule has 1 aromatic rings. The molecular formula is C13H19ClN2O3S. The third kappa shape index (κ3) is 4.77. The van der Waals surface area contributed by atoms with Gasteiger partial charge in [0.2, 0.25) is 15.9 Å². The van der Waals surface area contributed by atoms with Gasteiger partial charge in [0.25, 0.3) is 0 Å². The molecule has 0 aliphatic rings. The third-order valence-corrected chi connectivity index (χ3v) is 4.47. The summed E-state index contributed by atoms with van der Waals surface area (Å²) >= 11 is 5.77. The molecule has 0 heterocycles. The highest BCUT2D eigenvalue weighted by atomic mass is 35.5. The summed E-state index contributed by atoms with van der Waals surface area (Å²) in [7, 11) is -3.60. The Balaban J connectivity index is 2.67. The molecule has 0 saturated heterocycles. The van der Waals surface area contributed by atoms with Gasteiger partial charge in [0.1, 0.15) is 0 Å². The van der Waals surface area contributed by atoms with Gasteiger partial charge >= 0.3 is 0 Å². The molecule has 5 nitrogen and oxygen atoms in total. The summed E-state index contributed by atoms with van der Waals surface area (Å²) in [5.74, 6) is -0.0815. The fraction of sp³-hybridized carbons (Fsp3) is 0.462. The molecule has 20 heavy (non-hydrogen) atoms. The van der Waals surface area contributed by atoms with Crippen molar-refractivity contribution in [2.45, 2.75) is 31.7 Å². The lowest BCUT2D eigenvalue weighted by molar-refractivity contribution is -0.130. The number of benzene rings is 1. The monoisotopic (exact) mass is 318 g/mol. The van der Waals surface area contributed by atoms with Crippen molar-refractivity contribution in [3.63, 3.8) is 0 Å². The number of nitrogens with zero attached hydrogens (tertiary/aromatic N) is 1. The van der Waals surface area contributed by atoms with Crippen molar-refractivity contribution < 1.29 is 13.2 Å². The quantitative estimate of drug-likeness (QED) is 0.871. The zero-order chi connectivity index (χ0) is 15.3. The number of halogens is 1. The van der Waals surface area contributed by atoms with E-state index in [9.17, 15) is 13.2 Å². The van der Waals surface area contributed by atoms with Crippen LogP contribution in [0, 0.1) is 0 Å². The number of carbonyl (C=O) groups is 1. The largest absolute Gasteiger partial charge is 0.339 e. The fourth-order valence-electron chi connectivity index (χ4n) is 1.80. The number of hydrogen-bond donors (Lipinski definition) is 1. The van der Waals surface area contributed by atoms with Crippen LogP contribution in [0.15, 0.2) is 29.2 Å². The molecule has 112 valence electrons. The van der Waals surface area contributed by atoms with Crippen LogP contribution >= 0.6 is 11.6 Å². The van der Waals surface area contributed by atoms with E-state index < -0.39 is 10.0 Å². The van der Waals surface area contributed by atoms with Crippen LogP contribution in [0.3, 0.4) is 0 Å². The molecule has 0 atom stereocenters. The molecule has 1 aromatic carbocycles. The van der Waals surface area contributed by atoms with Crippen LogP contribution in [-0.4, -0.2) is 38.4 Å². The third-order valence-electron chi connectivity index (χ3n) is 2.78. The van der Waals surface area contributed by atoms with Crippen LogP contribution in [0.1, 0.15) is 20.8 Å². The molecule has 0 bridgehead atoms. The van der Waals surface area contributed by atoms with E-state index >= 15 is 0 Å². The summed E-state index contributed by atoms with van der Waals surface area (Å²) in [4.78, 5) is 13.1. The molecule has 1 N–H and O–H groups in total. The van der Waals surface area contributed by atoms with Gasteiger partial charge in [0.05, 0.1) is 4.90 Å². The molecule has 0 radical (unpaired) electrons. The Bertz CT molecular complexity index is 573. The van der Waals surface area contributed by atoms with Crippen LogP contribution in [-0.2, 0) is 14.8 Å². The van der Waals surface area contributed by atoms with E-state index in [1.54, 1.807) is 17.0 Å². The molecule has 1 amide bonds. The minimum absolute atomic E-state index is 0.0307. The van der Waals surface area contributed by atoms with E-state index in [4.69, 9.17) is 11.6 Å². The highest BCUT2D eigenvalue weighted by Gasteiger charge is 2.16. The summed E-state index contributed by atoms with van der Waals surface area (Å²) in [6, 6.07) is 6.07. The number of rotatable bonds is 6. The van der Waals surface area contributed by atoms with Crippen molar-refractivity contribution >= 4 is 27.5 Å². The first-order chi connectivity index (χ1) is 9.24. The van der Waals surface area contributed by atoms with Crippen molar-refractivity contribution in [1.82, 2.24) is 9.62 Å². The Morgan fingerprint density at radius 2 is 2.05 bits per heavy atom. The molecule has 0 aliphatic carbocycles. The van der Waals surface area contributed by atoms with E-state index in [-0.39, 0.29) is 23.4 Å². The summed E-state index contributed by atoms with van der Waals surface area (Å²) in [6.45, 7) is 5.71. The van der Waals surface area contributed by atoms with Gasteiger partial charge in [-0.1, -0.05) is 17.7 Å². The highest BCUT2D eigenvalue weighted by Crippen LogP contribution is 2.15. The number of sulfonamides is 1. The first kappa shape index (κ1) is 16.9. The summed E-state index contributed by atoms with van der Waals surface area (Å²) < 4.78 is 26.5. The molecule has 0 aliphatic heterocycles. The van der Waals surface area contributed by atoms with E-state index in [0.717, 1.165) is 0 Å². The van der Waals surface area contributed by atoms with Gasteiger partial charge in [0.15, 0.2) is 0 Å². The Morgan fingerprint density at radius 1 is 1.40 bits per heavy atom. The maximum absolute atomic E-state index is 12.0. The Labute approximate surface area is 125 Å². The lowest BCUT2D eigenvalue weighted by atomic mass is 10.3. The van der Waals surface area contributed by atoms with Gasteiger partial charge in [0, 0.05) is 31.1 Å². The van der Waals surface area contributed by atoms with Crippen molar-refractivity contribution in [3.8, 4) is 0 Å². The lowest BCUT2D eigenvalue weighted by Gasteiger charge is -2.25. The van der Waals surface area contributed by atoms with Gasteiger partial charge in [-0.05, 0) is 32.0 Å². The van der Waals surface area contributed by atoms with Crippen molar-refractivity contribution in [2.24, 2.45) is 0 Å². The predicted octanol–water partition coefficient (Wildman–Crippen LogP) is 1.88. The van der Waals surface area contributed by atoms with Crippen LogP contribution in [0.4, 0.5) is 0 Å². The standard InChI is InChI=1S/C13H19ClN2O3S/c1-10(2)16(11(3)17)8-7-15-20(18,19)13-6-4-5-12(14)9-13/h4-6,9-10,15H,7-8H2,1-3H3. The number of carbonyl (C=O) groups excluding carboxylic acids is 1. The van der Waals surface area contributed by atoms with E-state index in [1.807, 2.05) is 13.8 Å². The van der Waals surface area contributed by atoms with Crippen molar-refractivity contribution in [1.29, 1.82) is 0 Å². The van der Waals surface area contributed by atoms with Crippen LogP contribution in [0.5, 0.6) is 0 Å². The minimum atomic E-state index is -3.60. The molecule has 0 aromatic heterocycles. The summed E-state index contributed by atoms with van der Waals surface area (Å²) in [5.41, 5.74) is 0. The Hall–Kier alpha value is -1.11. The molecule has 0 unspecified atom stereocenters. The van der Waals surface area contributed by atoms with E-state index in [2.05, 4.69) is 4.72 Å². The van der Waals surface area contributed by atoms with Crippen molar-refractivity contribution in [3.05, 3.63) is 29.3 Å². The minimum Gasteiger partial charge on any atom is -0.339 e. The normalized spacial score (nSPS) is 11.7. The topological polar surface area (TPSA) is 66.5 Å². The average Bonchev–Trinajstić information content (AvgIpc) is 2.33. The molecule has 1 rings (SSSR count). The molecule has 7 heteroatoms. The first-order valence-electron chi connectivity index (χ1n) is 6.26. The van der Waals surface area contributed by atoms with E-state index in [0.29, 0.717) is 11.6 Å². The second kappa shape index (κ2) is 7.06. The number of amides is 1. The van der Waals surface area contributed by atoms with Crippen molar-refractivity contribution in [2.75, 3.05) is 13.1 Å². The van der Waals surface area contributed by atoms with Gasteiger partial charge < -0.3 is 4.90 Å². The van der Waals surface area contributed by atoms with Crippen LogP contribution in [0.2, 0.25) is 5.02 Å². The summed E-state index contributed by atoms with van der Waals surface area (Å²) in [5, 5.41) is 0.361. The van der Waals surface area contributed by atoms with Crippen LogP contribution in [0.25, 0.3) is 0 Å². The molecular weight excluding hydrogens is 300 g/mol. The smallest absolute Gasteiger partial charge is 0.240 e. The maximum Gasteiger partial charge on any atom is 0.240 e. The highest BCUT2D eigenvalue weighted by molar-refractivity contribution is 7.89. The lowest BCUT2D eigenvalue weighted by Crippen LogP contribution is -2.41. The van der Waals surface area contributed by atoms with Crippen LogP contribution < -0.4 is 4.72 Å². The SMILES string of the molecule is CC(=O)N(CCNS(=O)(=O)c1cccc(Cl)c1)C(C)C. The van der Waals surface area contributed by atoms with Gasteiger partial charge in [-0.3, -0.25) is 4.79 Å². The maximum atomic E-state index is 12.0.